The molecule has 22 heavy (non-hydrogen) atoms. The summed E-state index contributed by atoms with van der Waals surface area (Å²) in [6.45, 7) is 7.90. The maximum atomic E-state index is 13.7. The average Bonchev–Trinajstić information content (AvgIpc) is 2.89. The van der Waals surface area contributed by atoms with E-state index in [4.69, 9.17) is 0 Å². The van der Waals surface area contributed by atoms with Gasteiger partial charge in [-0.2, -0.15) is 5.10 Å². The number of hydrogen-bond acceptors (Lipinski definition) is 2. The molecule has 0 fully saturated rings. The standard InChI is InChI=1S/C18H21FN2O/c1-12(2)18(14(4)22)13(3)16-9-20-21(11-16)10-15-7-5-6-8-17(15)19/h5-9,11-12H,10H2,1-4H3. The Hall–Kier alpha value is -2.23. The number of carbonyl (C=O) groups excluding carboxylic acids is 1. The van der Waals surface area contributed by atoms with Crippen LogP contribution in [0.1, 0.15) is 38.8 Å². The fraction of sp³-hybridized carbons (Fsp3) is 0.333. The van der Waals surface area contributed by atoms with Crippen LogP contribution in [0.5, 0.6) is 0 Å². The van der Waals surface area contributed by atoms with Crippen molar-refractivity contribution >= 4 is 11.4 Å². The van der Waals surface area contributed by atoms with Crippen LogP contribution >= 0.6 is 0 Å². The number of benzene rings is 1. The van der Waals surface area contributed by atoms with Gasteiger partial charge in [-0.3, -0.25) is 9.48 Å². The van der Waals surface area contributed by atoms with Crippen LogP contribution in [0.25, 0.3) is 5.57 Å². The number of rotatable bonds is 5. The second-order valence-electron chi connectivity index (χ2n) is 5.77. The molecule has 0 saturated carbocycles. The first-order valence-electron chi connectivity index (χ1n) is 7.38. The molecule has 0 atom stereocenters. The molecule has 0 N–H and O–H groups in total. The van der Waals surface area contributed by atoms with Crippen molar-refractivity contribution < 1.29 is 9.18 Å². The molecule has 0 saturated heterocycles. The van der Waals surface area contributed by atoms with E-state index in [-0.39, 0.29) is 17.5 Å². The average molecular weight is 300 g/mol. The van der Waals surface area contributed by atoms with Crippen LogP contribution < -0.4 is 0 Å². The van der Waals surface area contributed by atoms with E-state index in [0.29, 0.717) is 12.1 Å². The number of halogens is 1. The molecule has 0 spiro atoms. The maximum absolute atomic E-state index is 13.7. The zero-order valence-corrected chi connectivity index (χ0v) is 13.4. The highest BCUT2D eigenvalue weighted by Crippen LogP contribution is 2.24. The van der Waals surface area contributed by atoms with Crippen LogP contribution in [0, 0.1) is 11.7 Å². The van der Waals surface area contributed by atoms with Gasteiger partial charge in [0.25, 0.3) is 0 Å². The Morgan fingerprint density at radius 1 is 1.27 bits per heavy atom. The molecule has 2 rings (SSSR count). The van der Waals surface area contributed by atoms with Crippen LogP contribution in [0.3, 0.4) is 0 Å². The number of carbonyl (C=O) groups is 1. The molecule has 2 aromatic rings. The second kappa shape index (κ2) is 6.69. The quantitative estimate of drug-likeness (QED) is 0.780. The lowest BCUT2D eigenvalue weighted by atomic mass is 9.92. The number of hydrogen-bond donors (Lipinski definition) is 0. The summed E-state index contributed by atoms with van der Waals surface area (Å²) in [6.07, 6.45) is 3.58. The van der Waals surface area contributed by atoms with E-state index < -0.39 is 0 Å². The molecule has 116 valence electrons. The third-order valence-corrected chi connectivity index (χ3v) is 3.72. The second-order valence-corrected chi connectivity index (χ2v) is 5.77. The number of aromatic nitrogens is 2. The van der Waals surface area contributed by atoms with Crippen molar-refractivity contribution in [2.45, 2.75) is 34.2 Å². The van der Waals surface area contributed by atoms with Gasteiger partial charge in [-0.25, -0.2) is 4.39 Å². The van der Waals surface area contributed by atoms with Gasteiger partial charge in [0, 0.05) is 22.9 Å². The van der Waals surface area contributed by atoms with Gasteiger partial charge >= 0.3 is 0 Å². The van der Waals surface area contributed by atoms with Gasteiger partial charge in [0.2, 0.25) is 0 Å². The minimum Gasteiger partial charge on any atom is -0.295 e. The molecule has 1 heterocycles. The smallest absolute Gasteiger partial charge is 0.156 e. The summed E-state index contributed by atoms with van der Waals surface area (Å²) >= 11 is 0. The first-order chi connectivity index (χ1) is 10.4. The number of nitrogens with zero attached hydrogens (tertiary/aromatic N) is 2. The molecule has 0 aliphatic heterocycles. The Bertz CT molecular complexity index is 713. The predicted octanol–water partition coefficient (Wildman–Crippen LogP) is 4.09. The predicted molar refractivity (Wildman–Crippen MR) is 85.8 cm³/mol. The van der Waals surface area contributed by atoms with Crippen molar-refractivity contribution in [3.8, 4) is 0 Å². The Balaban J connectivity index is 2.30. The normalized spacial score (nSPS) is 12.5. The fourth-order valence-corrected chi connectivity index (χ4v) is 2.70. The summed E-state index contributed by atoms with van der Waals surface area (Å²) < 4.78 is 15.4. The first-order valence-corrected chi connectivity index (χ1v) is 7.38. The van der Waals surface area contributed by atoms with Crippen LogP contribution in [0.2, 0.25) is 0 Å². The molecule has 1 aromatic heterocycles. The molecule has 0 amide bonds. The van der Waals surface area contributed by atoms with Gasteiger partial charge in [0.1, 0.15) is 5.82 Å². The van der Waals surface area contributed by atoms with Crippen molar-refractivity contribution in [3.63, 3.8) is 0 Å². The Morgan fingerprint density at radius 2 is 1.95 bits per heavy atom. The monoisotopic (exact) mass is 300 g/mol. The molecule has 0 radical (unpaired) electrons. The van der Waals surface area contributed by atoms with E-state index in [9.17, 15) is 9.18 Å². The van der Waals surface area contributed by atoms with Gasteiger partial charge < -0.3 is 0 Å². The van der Waals surface area contributed by atoms with Crippen molar-refractivity contribution in [2.75, 3.05) is 0 Å². The summed E-state index contributed by atoms with van der Waals surface area (Å²) in [4.78, 5) is 11.8. The summed E-state index contributed by atoms with van der Waals surface area (Å²) in [5.74, 6) is 0.000177. The SMILES string of the molecule is CC(=O)C(=C(C)c1cnn(Cc2ccccc2F)c1)C(C)C. The lowest BCUT2D eigenvalue weighted by molar-refractivity contribution is -0.113. The topological polar surface area (TPSA) is 34.9 Å². The van der Waals surface area contributed by atoms with Crippen molar-refractivity contribution in [1.82, 2.24) is 9.78 Å². The molecule has 4 heteroatoms. The summed E-state index contributed by atoms with van der Waals surface area (Å²) in [7, 11) is 0. The first kappa shape index (κ1) is 16.1. The number of allylic oxidation sites excluding steroid dienone is 2. The van der Waals surface area contributed by atoms with Gasteiger partial charge in [0.15, 0.2) is 5.78 Å². The Morgan fingerprint density at radius 3 is 2.55 bits per heavy atom. The van der Waals surface area contributed by atoms with Crippen molar-refractivity contribution in [1.29, 1.82) is 0 Å². The maximum Gasteiger partial charge on any atom is 0.156 e. The van der Waals surface area contributed by atoms with E-state index in [2.05, 4.69) is 5.10 Å². The van der Waals surface area contributed by atoms with E-state index >= 15 is 0 Å². The molecule has 0 unspecified atom stereocenters. The van der Waals surface area contributed by atoms with E-state index in [1.165, 1.54) is 6.07 Å². The van der Waals surface area contributed by atoms with E-state index in [1.807, 2.05) is 27.0 Å². The van der Waals surface area contributed by atoms with Crippen molar-refractivity contribution in [3.05, 3.63) is 59.2 Å². The van der Waals surface area contributed by atoms with Gasteiger partial charge in [0.05, 0.1) is 12.7 Å². The van der Waals surface area contributed by atoms with Crippen molar-refractivity contribution in [2.24, 2.45) is 5.92 Å². The third kappa shape index (κ3) is 3.50. The number of Topliss-reactive ketones (excluding diaryl/α,β-unsaturated/α-hetero) is 1. The third-order valence-electron chi connectivity index (χ3n) is 3.72. The van der Waals surface area contributed by atoms with Crippen LogP contribution in [-0.2, 0) is 11.3 Å². The molecule has 0 aliphatic carbocycles. The molecule has 1 aromatic carbocycles. The zero-order chi connectivity index (χ0) is 16.3. The highest BCUT2D eigenvalue weighted by Gasteiger charge is 2.15. The van der Waals surface area contributed by atoms with E-state index in [0.717, 1.165) is 16.7 Å². The van der Waals surface area contributed by atoms with Gasteiger partial charge in [-0.1, -0.05) is 32.0 Å². The van der Waals surface area contributed by atoms with Gasteiger partial charge in [-0.15, -0.1) is 0 Å². The van der Waals surface area contributed by atoms with Gasteiger partial charge in [-0.05, 0) is 31.4 Å². The summed E-state index contributed by atoms with van der Waals surface area (Å²) in [5, 5.41) is 4.28. The molecule has 3 nitrogen and oxygen atoms in total. The number of ketones is 1. The lowest BCUT2D eigenvalue weighted by Crippen LogP contribution is -2.06. The largest absolute Gasteiger partial charge is 0.295 e. The molecular formula is C18H21FN2O. The van der Waals surface area contributed by atoms with Crippen LogP contribution in [0.4, 0.5) is 4.39 Å². The Labute approximate surface area is 130 Å². The highest BCUT2D eigenvalue weighted by atomic mass is 19.1. The summed E-state index contributed by atoms with van der Waals surface area (Å²) in [5.41, 5.74) is 3.23. The van der Waals surface area contributed by atoms with Crippen LogP contribution in [0.15, 0.2) is 42.2 Å². The van der Waals surface area contributed by atoms with E-state index in [1.54, 1.807) is 36.0 Å². The summed E-state index contributed by atoms with van der Waals surface area (Å²) in [6, 6.07) is 6.66. The molecule has 0 bridgehead atoms. The van der Waals surface area contributed by atoms with Crippen LogP contribution in [-0.4, -0.2) is 15.6 Å². The fourth-order valence-electron chi connectivity index (χ4n) is 2.70. The highest BCUT2D eigenvalue weighted by molar-refractivity contribution is 6.01. The molecular weight excluding hydrogens is 279 g/mol. The minimum absolute atomic E-state index is 0.0781. The Kier molecular flexibility index (Phi) is 4.91. The molecule has 0 aliphatic rings. The minimum atomic E-state index is -0.238. The lowest BCUT2D eigenvalue weighted by Gasteiger charge is -2.11. The zero-order valence-electron chi connectivity index (χ0n) is 13.4.